The van der Waals surface area contributed by atoms with Gasteiger partial charge in [-0.2, -0.15) is 0 Å². The number of nitrogens with zero attached hydrogens (tertiary/aromatic N) is 1. The smallest absolute Gasteiger partial charge is 0.250 e. The van der Waals surface area contributed by atoms with E-state index in [1.54, 1.807) is 0 Å². The number of amides is 1. The number of hydrogen-bond donors (Lipinski definition) is 1. The molecule has 1 amide bonds. The summed E-state index contributed by atoms with van der Waals surface area (Å²) in [4.78, 5) is 14.0. The van der Waals surface area contributed by atoms with Crippen LogP contribution in [0.4, 0.5) is 0 Å². The van der Waals surface area contributed by atoms with Crippen LogP contribution < -0.4 is 5.32 Å². The first-order chi connectivity index (χ1) is 7.16. The molecule has 4 nitrogen and oxygen atoms in total. The minimum Gasteiger partial charge on any atom is -0.366 e. The standard InChI is InChI=1S/C11H20N2O2/c1-8(2)13-5-6-15-10(7-13)11(14)12-9-3-4-9/h8-10H,3-7H2,1-2H3,(H,12,14). The lowest BCUT2D eigenvalue weighted by molar-refractivity contribution is -0.139. The van der Waals surface area contributed by atoms with Gasteiger partial charge in [0, 0.05) is 25.2 Å². The molecule has 4 heteroatoms. The van der Waals surface area contributed by atoms with Crippen molar-refractivity contribution in [1.82, 2.24) is 10.2 Å². The van der Waals surface area contributed by atoms with Crippen LogP contribution in [0.2, 0.25) is 0 Å². The molecule has 2 rings (SSSR count). The fraction of sp³-hybridized carbons (Fsp3) is 0.909. The Bertz CT molecular complexity index is 239. The van der Waals surface area contributed by atoms with Crippen LogP contribution in [0.15, 0.2) is 0 Å². The summed E-state index contributed by atoms with van der Waals surface area (Å²) in [6, 6.07) is 0.917. The summed E-state index contributed by atoms with van der Waals surface area (Å²) < 4.78 is 5.50. The van der Waals surface area contributed by atoms with Crippen molar-refractivity contribution in [3.63, 3.8) is 0 Å². The van der Waals surface area contributed by atoms with Crippen LogP contribution in [-0.2, 0) is 9.53 Å². The van der Waals surface area contributed by atoms with Crippen LogP contribution in [0.3, 0.4) is 0 Å². The fourth-order valence-electron chi connectivity index (χ4n) is 1.82. The molecule has 0 bridgehead atoms. The first-order valence-corrected chi connectivity index (χ1v) is 5.83. The number of hydrogen-bond acceptors (Lipinski definition) is 3. The van der Waals surface area contributed by atoms with Gasteiger partial charge < -0.3 is 10.1 Å². The van der Waals surface area contributed by atoms with Gasteiger partial charge in [-0.1, -0.05) is 0 Å². The Morgan fingerprint density at radius 1 is 1.47 bits per heavy atom. The van der Waals surface area contributed by atoms with Gasteiger partial charge in [0.05, 0.1) is 6.61 Å². The summed E-state index contributed by atoms with van der Waals surface area (Å²) in [6.45, 7) is 6.64. The summed E-state index contributed by atoms with van der Waals surface area (Å²) in [5.74, 6) is 0.0721. The summed E-state index contributed by atoms with van der Waals surface area (Å²) in [5, 5.41) is 2.99. The van der Waals surface area contributed by atoms with Gasteiger partial charge in [-0.15, -0.1) is 0 Å². The fourth-order valence-corrected chi connectivity index (χ4v) is 1.82. The lowest BCUT2D eigenvalue weighted by Crippen LogP contribution is -2.52. The second-order valence-electron chi connectivity index (χ2n) is 4.73. The number of morpholine rings is 1. The van der Waals surface area contributed by atoms with Crippen molar-refractivity contribution in [2.45, 2.75) is 44.9 Å². The molecular formula is C11H20N2O2. The molecule has 1 saturated carbocycles. The molecule has 0 aromatic rings. The Balaban J connectivity index is 1.82. The lowest BCUT2D eigenvalue weighted by Gasteiger charge is -2.34. The highest BCUT2D eigenvalue weighted by Gasteiger charge is 2.31. The average molecular weight is 212 g/mol. The van der Waals surface area contributed by atoms with Gasteiger partial charge in [-0.05, 0) is 26.7 Å². The molecule has 2 fully saturated rings. The van der Waals surface area contributed by atoms with Crippen LogP contribution in [0.1, 0.15) is 26.7 Å². The zero-order chi connectivity index (χ0) is 10.8. The minimum atomic E-state index is -0.262. The van der Waals surface area contributed by atoms with E-state index in [1.807, 2.05) is 0 Å². The molecule has 1 heterocycles. The van der Waals surface area contributed by atoms with E-state index in [-0.39, 0.29) is 12.0 Å². The van der Waals surface area contributed by atoms with Gasteiger partial charge in [0.15, 0.2) is 0 Å². The molecule has 1 saturated heterocycles. The highest BCUT2D eigenvalue weighted by molar-refractivity contribution is 5.81. The zero-order valence-corrected chi connectivity index (χ0v) is 9.53. The molecule has 1 atom stereocenters. The summed E-state index contributed by atoms with van der Waals surface area (Å²) in [5.41, 5.74) is 0. The van der Waals surface area contributed by atoms with Gasteiger partial charge >= 0.3 is 0 Å². The van der Waals surface area contributed by atoms with Gasteiger partial charge in [-0.25, -0.2) is 0 Å². The molecule has 0 spiro atoms. The molecular weight excluding hydrogens is 192 g/mol. The van der Waals surface area contributed by atoms with Gasteiger partial charge in [-0.3, -0.25) is 9.69 Å². The van der Waals surface area contributed by atoms with Gasteiger partial charge in [0.2, 0.25) is 0 Å². The molecule has 0 aromatic carbocycles. The number of carbonyl (C=O) groups excluding carboxylic acids is 1. The first-order valence-electron chi connectivity index (χ1n) is 5.83. The Kier molecular flexibility index (Phi) is 3.26. The van der Waals surface area contributed by atoms with E-state index in [4.69, 9.17) is 4.74 Å². The predicted molar refractivity (Wildman–Crippen MR) is 57.6 cm³/mol. The summed E-state index contributed by atoms with van der Waals surface area (Å²) >= 11 is 0. The highest BCUT2D eigenvalue weighted by Crippen LogP contribution is 2.19. The third-order valence-electron chi connectivity index (χ3n) is 3.04. The minimum absolute atomic E-state index is 0.0721. The van der Waals surface area contributed by atoms with E-state index >= 15 is 0 Å². The molecule has 0 radical (unpaired) electrons. The van der Waals surface area contributed by atoms with E-state index in [1.165, 1.54) is 0 Å². The van der Waals surface area contributed by atoms with Crippen LogP contribution in [-0.4, -0.2) is 48.7 Å². The molecule has 2 aliphatic rings. The van der Waals surface area contributed by atoms with E-state index in [0.29, 0.717) is 18.7 Å². The third kappa shape index (κ3) is 2.92. The maximum atomic E-state index is 11.8. The number of ether oxygens (including phenoxy) is 1. The van der Waals surface area contributed by atoms with E-state index in [2.05, 4.69) is 24.1 Å². The average Bonchev–Trinajstić information content (AvgIpc) is 3.02. The number of carbonyl (C=O) groups is 1. The second-order valence-corrected chi connectivity index (χ2v) is 4.73. The third-order valence-corrected chi connectivity index (χ3v) is 3.04. The van der Waals surface area contributed by atoms with Crippen molar-refractivity contribution in [2.75, 3.05) is 19.7 Å². The van der Waals surface area contributed by atoms with Gasteiger partial charge in [0.25, 0.3) is 5.91 Å². The molecule has 1 aliphatic carbocycles. The highest BCUT2D eigenvalue weighted by atomic mass is 16.5. The van der Waals surface area contributed by atoms with Crippen LogP contribution >= 0.6 is 0 Å². The SMILES string of the molecule is CC(C)N1CCOC(C(=O)NC2CC2)C1. The maximum Gasteiger partial charge on any atom is 0.250 e. The van der Waals surface area contributed by atoms with E-state index < -0.39 is 0 Å². The van der Waals surface area contributed by atoms with E-state index in [0.717, 1.165) is 25.9 Å². The Hall–Kier alpha value is -0.610. The zero-order valence-electron chi connectivity index (χ0n) is 9.53. The van der Waals surface area contributed by atoms with E-state index in [9.17, 15) is 4.79 Å². The molecule has 1 aliphatic heterocycles. The molecule has 0 aromatic heterocycles. The maximum absolute atomic E-state index is 11.8. The number of rotatable bonds is 3. The largest absolute Gasteiger partial charge is 0.366 e. The van der Waals surface area contributed by atoms with Crippen LogP contribution in [0, 0.1) is 0 Å². The van der Waals surface area contributed by atoms with Crippen LogP contribution in [0.25, 0.3) is 0 Å². The Morgan fingerprint density at radius 3 is 2.80 bits per heavy atom. The lowest BCUT2D eigenvalue weighted by atomic mass is 10.2. The number of nitrogens with one attached hydrogen (secondary N) is 1. The monoisotopic (exact) mass is 212 g/mol. The van der Waals surface area contributed by atoms with Gasteiger partial charge in [0.1, 0.15) is 6.10 Å². The normalized spacial score (nSPS) is 28.1. The van der Waals surface area contributed by atoms with Crippen LogP contribution in [0.5, 0.6) is 0 Å². The van der Waals surface area contributed by atoms with Crippen molar-refractivity contribution in [3.05, 3.63) is 0 Å². The summed E-state index contributed by atoms with van der Waals surface area (Å²) in [7, 11) is 0. The molecule has 15 heavy (non-hydrogen) atoms. The first kappa shape index (κ1) is 10.9. The molecule has 1 unspecified atom stereocenters. The summed E-state index contributed by atoms with van der Waals surface area (Å²) in [6.07, 6.45) is 2.00. The predicted octanol–water partition coefficient (Wildman–Crippen LogP) is 0.374. The Morgan fingerprint density at radius 2 is 2.20 bits per heavy atom. The Labute approximate surface area is 91.0 Å². The quantitative estimate of drug-likeness (QED) is 0.735. The van der Waals surface area contributed by atoms with Crippen molar-refractivity contribution in [1.29, 1.82) is 0 Å². The van der Waals surface area contributed by atoms with Crippen molar-refractivity contribution >= 4 is 5.91 Å². The van der Waals surface area contributed by atoms with Crippen molar-refractivity contribution in [3.8, 4) is 0 Å². The second kappa shape index (κ2) is 4.49. The molecule has 86 valence electrons. The topological polar surface area (TPSA) is 41.6 Å². The van der Waals surface area contributed by atoms with Crippen molar-refractivity contribution < 1.29 is 9.53 Å². The molecule has 1 N–H and O–H groups in total. The van der Waals surface area contributed by atoms with Crippen molar-refractivity contribution in [2.24, 2.45) is 0 Å².